The van der Waals surface area contributed by atoms with Gasteiger partial charge in [-0.2, -0.15) is 0 Å². The van der Waals surface area contributed by atoms with Crippen molar-refractivity contribution >= 4 is 12.2 Å². The Hall–Kier alpha value is -2.58. The normalized spacial score (nSPS) is 18.2. The Kier molecular flexibility index (Phi) is 10.5. The molecule has 1 saturated heterocycles. The molecule has 2 unspecified atom stereocenters. The quantitative estimate of drug-likeness (QED) is 0.244. The molecule has 1 heterocycles. The van der Waals surface area contributed by atoms with Gasteiger partial charge in [-0.15, -0.1) is 0 Å². The van der Waals surface area contributed by atoms with Crippen molar-refractivity contribution in [1.29, 1.82) is 0 Å². The van der Waals surface area contributed by atoms with Gasteiger partial charge in [-0.3, -0.25) is 0 Å². The Bertz CT molecular complexity index is 1640. The molecule has 46 heavy (non-hydrogen) atoms. The maximum Gasteiger partial charge on any atom is -1.00 e. The number of allylic oxidation sites excluding steroid dienone is 2. The molecule has 5 heteroatoms. The molecule has 0 amide bonds. The van der Waals surface area contributed by atoms with Gasteiger partial charge in [0.15, 0.2) is 0 Å². The second-order valence-electron chi connectivity index (χ2n) is 13.6. The van der Waals surface area contributed by atoms with Gasteiger partial charge < -0.3 is 24.8 Å². The first-order valence-electron chi connectivity index (χ1n) is 16.3. The van der Waals surface area contributed by atoms with Crippen LogP contribution in [0.5, 0.6) is 11.5 Å². The fourth-order valence-electron chi connectivity index (χ4n) is 8.51. The molecule has 2 nitrogen and oxygen atoms in total. The van der Waals surface area contributed by atoms with Gasteiger partial charge in [-0.05, 0) is 0 Å². The average molecular weight is 731 g/mol. The van der Waals surface area contributed by atoms with E-state index < -0.39 is 20.3 Å². The fourth-order valence-corrected chi connectivity index (χ4v) is 24.6. The molecule has 3 aliphatic rings. The fraction of sp³-hybridized carbons (Fsp3) is 0.317. The molecule has 0 N–H and O–H groups in total. The van der Waals surface area contributed by atoms with Crippen molar-refractivity contribution in [3.63, 3.8) is 0 Å². The van der Waals surface area contributed by atoms with E-state index in [0.29, 0.717) is 19.1 Å². The second-order valence-corrected chi connectivity index (χ2v) is 25.0. The number of fused-ring (bicyclic) bond motifs is 2. The molecular weight excluding hydrogens is 687 g/mol. The number of rotatable bonds is 8. The van der Waals surface area contributed by atoms with Gasteiger partial charge in [0.1, 0.15) is 0 Å². The molecule has 0 aromatic heterocycles. The maximum absolute atomic E-state index is 5.48. The van der Waals surface area contributed by atoms with Crippen LogP contribution in [0.25, 0.3) is 34.4 Å². The third kappa shape index (κ3) is 5.65. The summed E-state index contributed by atoms with van der Waals surface area (Å²) in [6.07, 6.45) is 6.62. The first kappa shape index (κ1) is 34.7. The Morgan fingerprint density at radius 2 is 0.957 bits per heavy atom. The topological polar surface area (TPSA) is 18.5 Å². The number of hydrogen-bond acceptors (Lipinski definition) is 2. The molecule has 0 bridgehead atoms. The minimum Gasteiger partial charge on any atom is -1.00 e. The van der Waals surface area contributed by atoms with Gasteiger partial charge in [0, 0.05) is 0 Å². The summed E-state index contributed by atoms with van der Waals surface area (Å²) in [4.78, 5) is 0. The molecule has 0 radical (unpaired) electrons. The van der Waals surface area contributed by atoms with Gasteiger partial charge in [0.2, 0.25) is 0 Å². The zero-order chi connectivity index (χ0) is 30.6. The number of halogens is 2. The molecule has 2 atom stereocenters. The van der Waals surface area contributed by atoms with Gasteiger partial charge in [-0.25, -0.2) is 0 Å². The van der Waals surface area contributed by atoms with E-state index in [2.05, 4.69) is 125 Å². The Morgan fingerprint density at radius 1 is 0.565 bits per heavy atom. The van der Waals surface area contributed by atoms with E-state index in [1.54, 1.807) is 36.5 Å². The van der Waals surface area contributed by atoms with Crippen LogP contribution in [0.4, 0.5) is 0 Å². The van der Waals surface area contributed by atoms with E-state index in [4.69, 9.17) is 9.47 Å². The number of hydrogen-bond donors (Lipinski definition) is 0. The van der Waals surface area contributed by atoms with E-state index in [1.807, 2.05) is 0 Å². The van der Waals surface area contributed by atoms with Crippen molar-refractivity contribution in [3.8, 4) is 33.8 Å². The first-order valence-corrected chi connectivity index (χ1v) is 22.7. The van der Waals surface area contributed by atoms with Crippen molar-refractivity contribution in [1.82, 2.24) is 0 Å². The number of benzene rings is 4. The predicted molar refractivity (Wildman–Crippen MR) is 182 cm³/mol. The summed E-state index contributed by atoms with van der Waals surface area (Å²) in [5.41, 5.74) is 14.8. The summed E-state index contributed by atoms with van der Waals surface area (Å²) in [5.74, 6) is 2.87. The largest absolute Gasteiger partial charge is 1.00 e. The van der Waals surface area contributed by atoms with Gasteiger partial charge in [0.05, 0.1) is 0 Å². The summed E-state index contributed by atoms with van der Waals surface area (Å²) < 4.78 is 15.1. The summed E-state index contributed by atoms with van der Waals surface area (Å²) >= 11 is -2.93. The van der Waals surface area contributed by atoms with E-state index >= 15 is 0 Å². The minimum atomic E-state index is -2.93. The third-order valence-corrected chi connectivity index (χ3v) is 25.9. The van der Waals surface area contributed by atoms with Crippen LogP contribution in [0.1, 0.15) is 63.6 Å². The van der Waals surface area contributed by atoms with E-state index in [-0.39, 0.29) is 24.8 Å². The zero-order valence-corrected chi connectivity index (χ0v) is 31.7. The van der Waals surface area contributed by atoms with Crippen LogP contribution in [0, 0.1) is 11.8 Å². The SMILES string of the molecule is COc1ccc(-c2cccc3c2C=C(C(C)C)[CH]3[Zr+2]2([CH]3C(C(C)C)=Cc4c(-c5ccc(OC)cc5)cccc43)[CH2]C[CH2]2)cc1.[Cl-].[Cl-]. The van der Waals surface area contributed by atoms with Crippen molar-refractivity contribution < 1.29 is 54.6 Å². The van der Waals surface area contributed by atoms with E-state index in [9.17, 15) is 0 Å². The van der Waals surface area contributed by atoms with Gasteiger partial charge in [0.25, 0.3) is 0 Å². The Labute approximate surface area is 292 Å². The van der Waals surface area contributed by atoms with E-state index in [1.165, 1.54) is 48.1 Å². The molecule has 4 aromatic carbocycles. The van der Waals surface area contributed by atoms with Crippen LogP contribution in [0.3, 0.4) is 0 Å². The standard InChI is InChI=1S/2C19H19O.C3H6.2ClH.Zr/c2*1-13(2)16-11-15-5-4-6-18(19(15)12-16)14-7-9-17(20-3)10-8-14;1-3-2;;;/h2*4-13H,1-3H3;1-3H2;2*1H;/q;;;;;+2/p-2. The summed E-state index contributed by atoms with van der Waals surface area (Å²) in [7, 11) is 3.48. The molecular formula is C41H44Cl2O2Zr. The Morgan fingerprint density at radius 3 is 1.26 bits per heavy atom. The second kappa shape index (κ2) is 13.9. The van der Waals surface area contributed by atoms with Crippen LogP contribution in [-0.2, 0) is 20.3 Å². The minimum absolute atomic E-state index is 0. The van der Waals surface area contributed by atoms with Gasteiger partial charge >= 0.3 is 270 Å². The van der Waals surface area contributed by atoms with Crippen LogP contribution in [0.2, 0.25) is 8.26 Å². The third-order valence-electron chi connectivity index (χ3n) is 10.8. The van der Waals surface area contributed by atoms with Crippen LogP contribution in [-0.4, -0.2) is 14.2 Å². The summed E-state index contributed by atoms with van der Waals surface area (Å²) in [6.45, 7) is 9.72. The van der Waals surface area contributed by atoms with Crippen molar-refractivity contribution in [2.75, 3.05) is 14.2 Å². The number of methoxy groups -OCH3 is 2. The molecule has 4 aromatic rings. The molecule has 1 fully saturated rings. The van der Waals surface area contributed by atoms with Crippen molar-refractivity contribution in [2.45, 2.75) is 49.6 Å². The predicted octanol–water partition coefficient (Wildman–Crippen LogP) is 5.33. The molecule has 0 spiro atoms. The maximum atomic E-state index is 5.48. The molecule has 1 aliphatic heterocycles. The van der Waals surface area contributed by atoms with Crippen LogP contribution < -0.4 is 34.3 Å². The van der Waals surface area contributed by atoms with Crippen molar-refractivity contribution in [2.24, 2.45) is 11.8 Å². The summed E-state index contributed by atoms with van der Waals surface area (Å²) in [5, 5.41) is 0. The van der Waals surface area contributed by atoms with Crippen LogP contribution in [0.15, 0.2) is 96.1 Å². The van der Waals surface area contributed by atoms with E-state index in [0.717, 1.165) is 11.5 Å². The van der Waals surface area contributed by atoms with Crippen molar-refractivity contribution in [3.05, 3.63) is 118 Å². The average Bonchev–Trinajstić information content (AvgIpc) is 3.61. The monoisotopic (exact) mass is 728 g/mol. The molecule has 0 saturated carbocycles. The number of ether oxygens (including phenoxy) is 2. The zero-order valence-electron chi connectivity index (χ0n) is 27.7. The summed E-state index contributed by atoms with van der Waals surface area (Å²) in [6, 6.07) is 31.5. The van der Waals surface area contributed by atoms with Gasteiger partial charge in [-0.1, -0.05) is 0 Å². The molecule has 238 valence electrons. The first-order chi connectivity index (χ1) is 21.4. The molecule has 2 aliphatic carbocycles. The smallest absolute Gasteiger partial charge is 1.00 e. The molecule has 7 rings (SSSR count). The Balaban J connectivity index is 0.00000208. The van der Waals surface area contributed by atoms with Crippen LogP contribution >= 0.6 is 0 Å².